The summed E-state index contributed by atoms with van der Waals surface area (Å²) < 4.78 is 33.0. The number of benzene rings is 2. The molecule has 0 spiro atoms. The monoisotopic (exact) mass is 408 g/mol. The van der Waals surface area contributed by atoms with Gasteiger partial charge in [0, 0.05) is 23.7 Å². The van der Waals surface area contributed by atoms with E-state index in [0.717, 1.165) is 19.4 Å². The minimum absolute atomic E-state index is 0.0699. The van der Waals surface area contributed by atoms with Crippen molar-refractivity contribution < 1.29 is 17.9 Å². The number of halogens is 1. The first-order valence-corrected chi connectivity index (χ1v) is 10.5. The number of rotatable bonds is 6. The highest BCUT2D eigenvalue weighted by Gasteiger charge is 2.18. The molecule has 1 fully saturated rings. The van der Waals surface area contributed by atoms with Crippen LogP contribution in [0.4, 0.5) is 5.69 Å². The van der Waals surface area contributed by atoms with Gasteiger partial charge in [-0.05, 0) is 67.8 Å². The van der Waals surface area contributed by atoms with Crippen molar-refractivity contribution in [1.82, 2.24) is 5.32 Å². The van der Waals surface area contributed by atoms with Gasteiger partial charge in [-0.15, -0.1) is 0 Å². The SMILES string of the molecule is Cc1cc(C(=O)NCC2CCCO2)ccc1NS(=O)(=O)c1ccc(Cl)cc1. The highest BCUT2D eigenvalue weighted by molar-refractivity contribution is 7.92. The highest BCUT2D eigenvalue weighted by atomic mass is 35.5. The molecule has 2 aromatic carbocycles. The Morgan fingerprint density at radius 2 is 1.96 bits per heavy atom. The Labute approximate surface area is 163 Å². The van der Waals surface area contributed by atoms with E-state index in [2.05, 4.69) is 10.0 Å². The quantitative estimate of drug-likeness (QED) is 0.767. The van der Waals surface area contributed by atoms with E-state index >= 15 is 0 Å². The molecule has 0 aromatic heterocycles. The van der Waals surface area contributed by atoms with Gasteiger partial charge in [0.15, 0.2) is 0 Å². The summed E-state index contributed by atoms with van der Waals surface area (Å²) in [6, 6.07) is 10.8. The predicted molar refractivity (Wildman–Crippen MR) is 105 cm³/mol. The molecule has 0 bridgehead atoms. The molecule has 2 aromatic rings. The normalized spacial score (nSPS) is 16.9. The van der Waals surface area contributed by atoms with E-state index in [1.807, 2.05) is 0 Å². The second-order valence-electron chi connectivity index (χ2n) is 6.43. The van der Waals surface area contributed by atoms with Gasteiger partial charge < -0.3 is 10.1 Å². The molecular formula is C19H21ClN2O4S. The van der Waals surface area contributed by atoms with Crippen LogP contribution in [0.5, 0.6) is 0 Å². The third kappa shape index (κ3) is 5.00. The Balaban J connectivity index is 1.68. The van der Waals surface area contributed by atoms with Gasteiger partial charge in [0.05, 0.1) is 16.7 Å². The lowest BCUT2D eigenvalue weighted by Crippen LogP contribution is -2.31. The van der Waals surface area contributed by atoms with Crippen LogP contribution < -0.4 is 10.0 Å². The molecule has 1 amide bonds. The van der Waals surface area contributed by atoms with E-state index in [-0.39, 0.29) is 16.9 Å². The van der Waals surface area contributed by atoms with Gasteiger partial charge in [-0.2, -0.15) is 0 Å². The second-order valence-corrected chi connectivity index (χ2v) is 8.55. The van der Waals surface area contributed by atoms with Gasteiger partial charge in [-0.3, -0.25) is 9.52 Å². The van der Waals surface area contributed by atoms with E-state index in [1.165, 1.54) is 24.3 Å². The molecule has 1 aliphatic heterocycles. The van der Waals surface area contributed by atoms with Crippen LogP contribution in [-0.4, -0.2) is 33.6 Å². The number of sulfonamides is 1. The lowest BCUT2D eigenvalue weighted by Gasteiger charge is -2.13. The van der Waals surface area contributed by atoms with Crippen molar-refractivity contribution in [3.05, 3.63) is 58.6 Å². The van der Waals surface area contributed by atoms with Crippen LogP contribution >= 0.6 is 11.6 Å². The smallest absolute Gasteiger partial charge is 0.261 e. The fraction of sp³-hybridized carbons (Fsp3) is 0.316. The molecular weight excluding hydrogens is 388 g/mol. The molecule has 0 saturated carbocycles. The zero-order chi connectivity index (χ0) is 19.4. The molecule has 144 valence electrons. The van der Waals surface area contributed by atoms with Crippen LogP contribution in [0.3, 0.4) is 0 Å². The van der Waals surface area contributed by atoms with Crippen molar-refractivity contribution in [3.8, 4) is 0 Å². The van der Waals surface area contributed by atoms with E-state index in [1.54, 1.807) is 25.1 Å². The maximum absolute atomic E-state index is 12.5. The van der Waals surface area contributed by atoms with Gasteiger partial charge in [-0.25, -0.2) is 8.42 Å². The number of hydrogen-bond acceptors (Lipinski definition) is 4. The average Bonchev–Trinajstić information content (AvgIpc) is 3.15. The Hall–Kier alpha value is -2.09. The third-order valence-corrected chi connectivity index (χ3v) is 6.00. The number of carbonyl (C=O) groups is 1. The van der Waals surface area contributed by atoms with E-state index in [9.17, 15) is 13.2 Å². The van der Waals surface area contributed by atoms with Crippen LogP contribution in [-0.2, 0) is 14.8 Å². The summed E-state index contributed by atoms with van der Waals surface area (Å²) in [5.41, 5.74) is 1.54. The first-order chi connectivity index (χ1) is 12.8. The van der Waals surface area contributed by atoms with E-state index < -0.39 is 10.0 Å². The summed E-state index contributed by atoms with van der Waals surface area (Å²) in [4.78, 5) is 12.4. The Morgan fingerprint density at radius 1 is 1.22 bits per heavy atom. The second kappa shape index (κ2) is 8.29. The molecule has 0 aliphatic carbocycles. The summed E-state index contributed by atoms with van der Waals surface area (Å²) in [6.45, 7) is 2.96. The largest absolute Gasteiger partial charge is 0.376 e. The van der Waals surface area contributed by atoms with Crippen molar-refractivity contribution in [2.24, 2.45) is 0 Å². The van der Waals surface area contributed by atoms with Crippen molar-refractivity contribution in [3.63, 3.8) is 0 Å². The Bertz CT molecular complexity index is 923. The van der Waals surface area contributed by atoms with Crippen molar-refractivity contribution in [2.75, 3.05) is 17.9 Å². The standard InChI is InChI=1S/C19H21ClN2O4S/c1-13-11-14(19(23)21-12-16-3-2-10-26-16)4-9-18(13)22-27(24,25)17-7-5-15(20)6-8-17/h4-9,11,16,22H,2-3,10,12H2,1H3,(H,21,23). The molecule has 1 saturated heterocycles. The lowest BCUT2D eigenvalue weighted by atomic mass is 10.1. The number of carbonyl (C=O) groups excluding carboxylic acids is 1. The summed E-state index contributed by atoms with van der Waals surface area (Å²) in [7, 11) is -3.73. The number of ether oxygens (including phenoxy) is 1. The molecule has 1 aliphatic rings. The summed E-state index contributed by atoms with van der Waals surface area (Å²) in [5, 5.41) is 3.31. The van der Waals surface area contributed by atoms with Crippen LogP contribution in [0.25, 0.3) is 0 Å². The highest BCUT2D eigenvalue weighted by Crippen LogP contribution is 2.22. The molecule has 6 nitrogen and oxygen atoms in total. The van der Waals surface area contributed by atoms with Crippen LogP contribution in [0.2, 0.25) is 5.02 Å². The van der Waals surface area contributed by atoms with Crippen LogP contribution in [0.15, 0.2) is 47.4 Å². The number of hydrogen-bond donors (Lipinski definition) is 2. The number of nitrogens with one attached hydrogen (secondary N) is 2. The minimum Gasteiger partial charge on any atom is -0.376 e. The summed E-state index contributed by atoms with van der Waals surface area (Å²) in [6.07, 6.45) is 2.04. The predicted octanol–water partition coefficient (Wildman–Crippen LogP) is 3.36. The third-order valence-electron chi connectivity index (χ3n) is 4.37. The molecule has 2 N–H and O–H groups in total. The fourth-order valence-corrected chi connectivity index (χ4v) is 4.11. The van der Waals surface area contributed by atoms with Crippen LogP contribution in [0.1, 0.15) is 28.8 Å². The first-order valence-electron chi connectivity index (χ1n) is 8.64. The van der Waals surface area contributed by atoms with Gasteiger partial charge in [0.1, 0.15) is 0 Å². The molecule has 3 rings (SSSR count). The Kier molecular flexibility index (Phi) is 6.04. The van der Waals surface area contributed by atoms with Gasteiger partial charge in [-0.1, -0.05) is 11.6 Å². The van der Waals surface area contributed by atoms with Crippen molar-refractivity contribution in [1.29, 1.82) is 0 Å². The maximum Gasteiger partial charge on any atom is 0.261 e. The zero-order valence-electron chi connectivity index (χ0n) is 14.9. The van der Waals surface area contributed by atoms with Gasteiger partial charge in [0.2, 0.25) is 0 Å². The lowest BCUT2D eigenvalue weighted by molar-refractivity contribution is 0.0857. The maximum atomic E-state index is 12.5. The van der Waals surface area contributed by atoms with Crippen molar-refractivity contribution in [2.45, 2.75) is 30.8 Å². The topological polar surface area (TPSA) is 84.5 Å². The van der Waals surface area contributed by atoms with E-state index in [4.69, 9.17) is 16.3 Å². The Morgan fingerprint density at radius 3 is 2.59 bits per heavy atom. The van der Waals surface area contributed by atoms with Gasteiger partial charge >= 0.3 is 0 Å². The molecule has 8 heteroatoms. The molecule has 0 radical (unpaired) electrons. The number of anilines is 1. The first kappa shape index (κ1) is 19.7. The molecule has 1 heterocycles. The number of amides is 1. The molecule has 1 atom stereocenters. The fourth-order valence-electron chi connectivity index (χ4n) is 2.85. The van der Waals surface area contributed by atoms with Crippen LogP contribution in [0, 0.1) is 6.92 Å². The molecule has 1 unspecified atom stereocenters. The van der Waals surface area contributed by atoms with Crippen molar-refractivity contribution >= 4 is 33.2 Å². The van der Waals surface area contributed by atoms with E-state index in [0.29, 0.717) is 28.4 Å². The molecule has 27 heavy (non-hydrogen) atoms. The zero-order valence-corrected chi connectivity index (χ0v) is 16.4. The number of aryl methyl sites for hydroxylation is 1. The minimum atomic E-state index is -3.73. The average molecular weight is 409 g/mol. The summed E-state index contributed by atoms with van der Waals surface area (Å²) >= 11 is 5.80. The van der Waals surface area contributed by atoms with Gasteiger partial charge in [0.25, 0.3) is 15.9 Å². The summed E-state index contributed by atoms with van der Waals surface area (Å²) in [5.74, 6) is -0.208.